The third-order valence-electron chi connectivity index (χ3n) is 2.75. The number of ether oxygens (including phenoxy) is 2. The van der Waals surface area contributed by atoms with Crippen LogP contribution in [0.1, 0.15) is 11.1 Å². The Hall–Kier alpha value is -0.980. The molecule has 0 heterocycles. The Labute approximate surface area is 139 Å². The maximum atomic E-state index is 5.87. The molecule has 2 rings (SSSR count). The molecular weight excluding hydrogens is 389 g/mol. The van der Waals surface area contributed by atoms with Gasteiger partial charge in [-0.25, -0.2) is 0 Å². The molecule has 2 aromatic rings. The summed E-state index contributed by atoms with van der Waals surface area (Å²) in [4.78, 5) is 0. The molecule has 0 atom stereocenters. The molecule has 2 N–H and O–H groups in total. The normalized spacial score (nSPS) is 9.75. The molecule has 0 saturated heterocycles. The lowest BCUT2D eigenvalue weighted by Gasteiger charge is -2.14. The molecule has 20 heavy (non-hydrogen) atoms. The zero-order valence-electron chi connectivity index (χ0n) is 11.1. The second kappa shape index (κ2) is 8.34. The van der Waals surface area contributed by atoms with E-state index in [-0.39, 0.29) is 12.4 Å². The first-order valence-electron chi connectivity index (χ1n) is 5.97. The molecule has 0 bridgehead atoms. The Balaban J connectivity index is 0.00000200. The number of nitrogens with two attached hydrogens (primary N) is 1. The van der Waals surface area contributed by atoms with Crippen molar-refractivity contribution in [3.05, 3.63) is 57.2 Å². The number of halogens is 2. The van der Waals surface area contributed by atoms with Gasteiger partial charge in [-0.1, -0.05) is 30.3 Å². The Morgan fingerprint density at radius 1 is 1.10 bits per heavy atom. The van der Waals surface area contributed by atoms with Crippen LogP contribution in [0.4, 0.5) is 0 Å². The molecule has 0 fully saturated rings. The molecule has 3 nitrogen and oxygen atoms in total. The maximum absolute atomic E-state index is 5.87. The molecule has 0 aromatic heterocycles. The van der Waals surface area contributed by atoms with E-state index in [9.17, 15) is 0 Å². The lowest BCUT2D eigenvalue weighted by molar-refractivity contribution is 0.282. The topological polar surface area (TPSA) is 44.5 Å². The van der Waals surface area contributed by atoms with Gasteiger partial charge in [0.1, 0.15) is 6.61 Å². The molecule has 0 aliphatic carbocycles. The van der Waals surface area contributed by atoms with E-state index in [2.05, 4.69) is 22.6 Å². The van der Waals surface area contributed by atoms with Gasteiger partial charge >= 0.3 is 0 Å². The Kier molecular flexibility index (Phi) is 7.12. The minimum absolute atomic E-state index is 0. The smallest absolute Gasteiger partial charge is 0.174 e. The summed E-state index contributed by atoms with van der Waals surface area (Å²) in [5.41, 5.74) is 7.82. The van der Waals surface area contributed by atoms with Crippen molar-refractivity contribution in [2.24, 2.45) is 5.73 Å². The summed E-state index contributed by atoms with van der Waals surface area (Å²) < 4.78 is 12.3. The van der Waals surface area contributed by atoms with Gasteiger partial charge in [0, 0.05) is 6.54 Å². The number of benzene rings is 2. The molecular formula is C15H17ClINO2. The van der Waals surface area contributed by atoms with Gasteiger partial charge in [0.05, 0.1) is 10.7 Å². The van der Waals surface area contributed by atoms with Crippen LogP contribution in [0.25, 0.3) is 0 Å². The van der Waals surface area contributed by atoms with E-state index in [1.165, 1.54) is 0 Å². The van der Waals surface area contributed by atoms with Crippen molar-refractivity contribution in [3.63, 3.8) is 0 Å². The van der Waals surface area contributed by atoms with E-state index in [4.69, 9.17) is 15.2 Å². The van der Waals surface area contributed by atoms with Gasteiger partial charge in [0.15, 0.2) is 11.5 Å². The lowest BCUT2D eigenvalue weighted by atomic mass is 10.2. The van der Waals surface area contributed by atoms with Crippen molar-refractivity contribution < 1.29 is 9.47 Å². The molecule has 5 heteroatoms. The number of hydrogen-bond donors (Lipinski definition) is 1. The Morgan fingerprint density at radius 3 is 2.40 bits per heavy atom. The molecule has 2 aromatic carbocycles. The van der Waals surface area contributed by atoms with Crippen molar-refractivity contribution in [1.82, 2.24) is 0 Å². The van der Waals surface area contributed by atoms with Gasteiger partial charge in [-0.05, 0) is 45.9 Å². The minimum Gasteiger partial charge on any atom is -0.493 e. The highest BCUT2D eigenvalue weighted by atomic mass is 127. The highest BCUT2D eigenvalue weighted by Gasteiger charge is 2.11. The molecule has 0 aliphatic rings. The van der Waals surface area contributed by atoms with E-state index in [0.29, 0.717) is 13.2 Å². The first-order chi connectivity index (χ1) is 9.24. The molecule has 0 radical (unpaired) electrons. The highest BCUT2D eigenvalue weighted by Crippen LogP contribution is 2.34. The molecule has 0 amide bonds. The van der Waals surface area contributed by atoms with E-state index in [1.807, 2.05) is 42.5 Å². The predicted octanol–water partition coefficient (Wildman–Crippen LogP) is 3.76. The predicted molar refractivity (Wildman–Crippen MR) is 91.6 cm³/mol. The fourth-order valence-corrected chi connectivity index (χ4v) is 2.58. The number of methoxy groups -OCH3 is 1. The third kappa shape index (κ3) is 4.26. The van der Waals surface area contributed by atoms with E-state index in [0.717, 1.165) is 26.2 Å². The summed E-state index contributed by atoms with van der Waals surface area (Å²) in [6.45, 7) is 1.01. The van der Waals surface area contributed by atoms with Crippen LogP contribution in [-0.4, -0.2) is 7.11 Å². The van der Waals surface area contributed by atoms with Crippen LogP contribution in [-0.2, 0) is 13.2 Å². The second-order valence-electron chi connectivity index (χ2n) is 4.09. The zero-order valence-corrected chi connectivity index (χ0v) is 14.1. The summed E-state index contributed by atoms with van der Waals surface area (Å²) >= 11 is 2.24. The van der Waals surface area contributed by atoms with Crippen molar-refractivity contribution in [3.8, 4) is 11.5 Å². The molecule has 108 valence electrons. The number of rotatable bonds is 5. The van der Waals surface area contributed by atoms with Crippen LogP contribution in [0.5, 0.6) is 11.5 Å². The SMILES string of the molecule is COc1cc(CN)cc(I)c1OCc1ccccc1.Cl. The summed E-state index contributed by atoms with van der Waals surface area (Å²) in [6.07, 6.45) is 0. The Bertz CT molecular complexity index is 549. The standard InChI is InChI=1S/C15H16INO2.ClH/c1-18-14-8-12(9-17)7-13(16)15(14)19-10-11-5-3-2-4-6-11;/h2-8H,9-10,17H2,1H3;1H. The van der Waals surface area contributed by atoms with Crippen LogP contribution in [0.2, 0.25) is 0 Å². The lowest BCUT2D eigenvalue weighted by Crippen LogP contribution is -2.02. The zero-order chi connectivity index (χ0) is 13.7. The van der Waals surface area contributed by atoms with Crippen LogP contribution in [0.15, 0.2) is 42.5 Å². The minimum atomic E-state index is 0. The number of hydrogen-bond acceptors (Lipinski definition) is 3. The quantitative estimate of drug-likeness (QED) is 0.771. The third-order valence-corrected chi connectivity index (χ3v) is 3.55. The second-order valence-corrected chi connectivity index (χ2v) is 5.25. The van der Waals surface area contributed by atoms with Gasteiger partial charge in [-0.15, -0.1) is 12.4 Å². The van der Waals surface area contributed by atoms with Crippen molar-refractivity contribution in [2.45, 2.75) is 13.2 Å². The average Bonchev–Trinajstić information content (AvgIpc) is 2.46. The summed E-state index contributed by atoms with van der Waals surface area (Å²) in [7, 11) is 1.64. The van der Waals surface area contributed by atoms with Crippen LogP contribution in [0, 0.1) is 3.57 Å². The van der Waals surface area contributed by atoms with Crippen molar-refractivity contribution in [1.29, 1.82) is 0 Å². The van der Waals surface area contributed by atoms with Gasteiger partial charge in [-0.3, -0.25) is 0 Å². The van der Waals surface area contributed by atoms with E-state index < -0.39 is 0 Å². The average molecular weight is 406 g/mol. The summed E-state index contributed by atoms with van der Waals surface area (Å²) in [5, 5.41) is 0. The van der Waals surface area contributed by atoms with Crippen LogP contribution >= 0.6 is 35.0 Å². The molecule has 0 spiro atoms. The van der Waals surface area contributed by atoms with Crippen LogP contribution in [0.3, 0.4) is 0 Å². The highest BCUT2D eigenvalue weighted by molar-refractivity contribution is 14.1. The van der Waals surface area contributed by atoms with E-state index in [1.54, 1.807) is 7.11 Å². The first-order valence-corrected chi connectivity index (χ1v) is 7.05. The van der Waals surface area contributed by atoms with Gasteiger partial charge in [0.2, 0.25) is 0 Å². The molecule has 0 unspecified atom stereocenters. The van der Waals surface area contributed by atoms with Crippen molar-refractivity contribution >= 4 is 35.0 Å². The van der Waals surface area contributed by atoms with Gasteiger partial charge in [-0.2, -0.15) is 0 Å². The fourth-order valence-electron chi connectivity index (χ4n) is 1.76. The van der Waals surface area contributed by atoms with Crippen molar-refractivity contribution in [2.75, 3.05) is 7.11 Å². The molecule has 0 aliphatic heterocycles. The fraction of sp³-hybridized carbons (Fsp3) is 0.200. The largest absolute Gasteiger partial charge is 0.493 e. The first kappa shape index (κ1) is 17.1. The van der Waals surface area contributed by atoms with Gasteiger partial charge in [0.25, 0.3) is 0 Å². The monoisotopic (exact) mass is 405 g/mol. The molecule has 0 saturated carbocycles. The summed E-state index contributed by atoms with van der Waals surface area (Å²) in [6, 6.07) is 14.0. The summed E-state index contributed by atoms with van der Waals surface area (Å²) in [5.74, 6) is 1.49. The van der Waals surface area contributed by atoms with E-state index >= 15 is 0 Å². The Morgan fingerprint density at radius 2 is 1.80 bits per heavy atom. The maximum Gasteiger partial charge on any atom is 0.174 e. The van der Waals surface area contributed by atoms with Gasteiger partial charge < -0.3 is 15.2 Å². The van der Waals surface area contributed by atoms with Crippen LogP contribution < -0.4 is 15.2 Å².